The maximum atomic E-state index is 11.5. The summed E-state index contributed by atoms with van der Waals surface area (Å²) < 4.78 is 9.96. The van der Waals surface area contributed by atoms with Crippen LogP contribution in [0, 0.1) is 0 Å². The molecule has 100 valence electrons. The van der Waals surface area contributed by atoms with E-state index in [0.717, 1.165) is 0 Å². The molecule has 1 saturated heterocycles. The number of nitrogens with zero attached hydrogens (tertiary/aromatic N) is 3. The van der Waals surface area contributed by atoms with Gasteiger partial charge < -0.3 is 14.8 Å². The molecular formula is C10H16N4O4. The van der Waals surface area contributed by atoms with Crippen LogP contribution in [0.25, 0.3) is 10.4 Å². The van der Waals surface area contributed by atoms with Crippen molar-refractivity contribution in [2.45, 2.75) is 44.9 Å². The molecule has 1 rings (SSSR count). The maximum absolute atomic E-state index is 11.5. The molecule has 18 heavy (non-hydrogen) atoms. The highest BCUT2D eigenvalue weighted by Gasteiger charge is 2.36. The van der Waals surface area contributed by atoms with Crippen molar-refractivity contribution >= 4 is 12.1 Å². The predicted molar refractivity (Wildman–Crippen MR) is 61.7 cm³/mol. The Hall–Kier alpha value is -1.95. The number of azide groups is 1. The number of amides is 1. The second kappa shape index (κ2) is 5.59. The van der Waals surface area contributed by atoms with Crippen molar-refractivity contribution < 1.29 is 19.1 Å². The molecule has 1 N–H and O–H groups in total. The molecule has 0 aromatic heterocycles. The van der Waals surface area contributed by atoms with Crippen LogP contribution in [0.5, 0.6) is 0 Å². The molecule has 1 heterocycles. The fourth-order valence-electron chi connectivity index (χ4n) is 1.46. The van der Waals surface area contributed by atoms with Gasteiger partial charge >= 0.3 is 12.1 Å². The van der Waals surface area contributed by atoms with Gasteiger partial charge in [0.15, 0.2) is 0 Å². The summed E-state index contributed by atoms with van der Waals surface area (Å²) in [4.78, 5) is 25.5. The van der Waals surface area contributed by atoms with Gasteiger partial charge in [0, 0.05) is 11.3 Å². The molecular weight excluding hydrogens is 240 g/mol. The first-order valence-corrected chi connectivity index (χ1v) is 5.52. The number of ether oxygens (including phenoxy) is 2. The molecule has 8 nitrogen and oxygen atoms in total. The molecule has 2 atom stereocenters. The molecule has 1 fully saturated rings. The van der Waals surface area contributed by atoms with Crippen LogP contribution in [-0.2, 0) is 14.3 Å². The van der Waals surface area contributed by atoms with Crippen molar-refractivity contribution in [3.63, 3.8) is 0 Å². The van der Waals surface area contributed by atoms with Gasteiger partial charge in [0.1, 0.15) is 17.7 Å². The smallest absolute Gasteiger partial charge is 0.408 e. The first kappa shape index (κ1) is 14.1. The van der Waals surface area contributed by atoms with E-state index in [1.807, 2.05) is 0 Å². The monoisotopic (exact) mass is 256 g/mol. The van der Waals surface area contributed by atoms with Crippen LogP contribution in [-0.4, -0.2) is 36.4 Å². The normalized spacial score (nSPS) is 22.9. The number of cyclic esters (lactones) is 1. The van der Waals surface area contributed by atoms with E-state index >= 15 is 0 Å². The highest BCUT2D eigenvalue weighted by Crippen LogP contribution is 2.16. The summed E-state index contributed by atoms with van der Waals surface area (Å²) in [5, 5.41) is 5.74. The molecule has 0 spiro atoms. The van der Waals surface area contributed by atoms with Gasteiger partial charge in [-0.05, 0) is 26.3 Å². The third-order valence-electron chi connectivity index (χ3n) is 2.11. The topological polar surface area (TPSA) is 113 Å². The zero-order chi connectivity index (χ0) is 13.8. The Morgan fingerprint density at radius 3 is 2.89 bits per heavy atom. The molecule has 0 bridgehead atoms. The van der Waals surface area contributed by atoms with E-state index in [4.69, 9.17) is 15.0 Å². The minimum atomic E-state index is -0.751. The lowest BCUT2D eigenvalue weighted by Crippen LogP contribution is -2.41. The molecule has 0 radical (unpaired) electrons. The first-order chi connectivity index (χ1) is 8.31. The molecule has 0 aliphatic carbocycles. The molecule has 0 aromatic rings. The molecule has 1 amide bonds. The van der Waals surface area contributed by atoms with E-state index in [9.17, 15) is 9.59 Å². The summed E-state index contributed by atoms with van der Waals surface area (Å²) in [6, 6.07) is -0.751. The lowest BCUT2D eigenvalue weighted by atomic mass is 10.2. The summed E-state index contributed by atoms with van der Waals surface area (Å²) in [5.41, 5.74) is 7.53. The standard InChI is InChI=1S/C10H16N4O4/c1-10(2,3)18-9(16)13-7-4-6(5-12-14-11)17-8(7)15/h6-7H,4-5H2,1-3H3,(H,13,16)/t6-,7-/m0/s1. The number of carbonyl (C=O) groups excluding carboxylic acids is 2. The third kappa shape index (κ3) is 4.50. The zero-order valence-corrected chi connectivity index (χ0v) is 10.5. The molecule has 1 aliphatic heterocycles. The fraction of sp³-hybridized carbons (Fsp3) is 0.800. The van der Waals surface area contributed by atoms with Gasteiger partial charge in [-0.2, -0.15) is 0 Å². The average Bonchev–Trinajstić information content (AvgIpc) is 2.53. The van der Waals surface area contributed by atoms with Gasteiger partial charge in [-0.15, -0.1) is 0 Å². The lowest BCUT2D eigenvalue weighted by molar-refractivity contribution is -0.142. The van der Waals surface area contributed by atoms with Crippen LogP contribution in [0.4, 0.5) is 4.79 Å². The zero-order valence-electron chi connectivity index (χ0n) is 10.5. The van der Waals surface area contributed by atoms with Gasteiger partial charge in [0.2, 0.25) is 0 Å². The SMILES string of the molecule is CC(C)(C)OC(=O)N[C@H]1C[C@@H](CN=[N+]=[N-])OC1=O. The van der Waals surface area contributed by atoms with Crippen molar-refractivity contribution in [3.05, 3.63) is 10.4 Å². The Morgan fingerprint density at radius 2 is 2.33 bits per heavy atom. The highest BCUT2D eigenvalue weighted by molar-refractivity contribution is 5.83. The predicted octanol–water partition coefficient (Wildman–Crippen LogP) is 1.51. The third-order valence-corrected chi connectivity index (χ3v) is 2.11. The van der Waals surface area contributed by atoms with Crippen LogP contribution in [0.3, 0.4) is 0 Å². The highest BCUT2D eigenvalue weighted by atomic mass is 16.6. The quantitative estimate of drug-likeness (QED) is 0.356. The molecule has 0 unspecified atom stereocenters. The van der Waals surface area contributed by atoms with Crippen molar-refractivity contribution in [2.75, 3.05) is 6.54 Å². The van der Waals surface area contributed by atoms with Crippen molar-refractivity contribution in [3.8, 4) is 0 Å². The number of carbonyl (C=O) groups is 2. The summed E-state index contributed by atoms with van der Waals surface area (Å²) in [5.74, 6) is -0.543. The van der Waals surface area contributed by atoms with E-state index in [0.29, 0.717) is 0 Å². The molecule has 0 aromatic carbocycles. The van der Waals surface area contributed by atoms with Crippen LogP contribution in [0.15, 0.2) is 5.11 Å². The van der Waals surface area contributed by atoms with Crippen molar-refractivity contribution in [1.82, 2.24) is 5.32 Å². The Morgan fingerprint density at radius 1 is 1.67 bits per heavy atom. The van der Waals surface area contributed by atoms with E-state index in [-0.39, 0.29) is 13.0 Å². The van der Waals surface area contributed by atoms with E-state index in [2.05, 4.69) is 15.3 Å². The van der Waals surface area contributed by atoms with Gasteiger partial charge in [-0.3, -0.25) is 0 Å². The number of nitrogens with one attached hydrogen (secondary N) is 1. The van der Waals surface area contributed by atoms with Crippen LogP contribution >= 0.6 is 0 Å². The van der Waals surface area contributed by atoms with Crippen LogP contribution < -0.4 is 5.32 Å². The minimum absolute atomic E-state index is 0.0642. The summed E-state index contributed by atoms with van der Waals surface area (Å²) in [6.45, 7) is 5.24. The van der Waals surface area contributed by atoms with Crippen LogP contribution in [0.2, 0.25) is 0 Å². The summed E-state index contributed by atoms with van der Waals surface area (Å²) in [6.07, 6.45) is -0.890. The minimum Gasteiger partial charge on any atom is -0.461 e. The van der Waals surface area contributed by atoms with Crippen molar-refractivity contribution in [1.29, 1.82) is 0 Å². The van der Waals surface area contributed by atoms with E-state index in [1.54, 1.807) is 20.8 Å². The first-order valence-electron chi connectivity index (χ1n) is 5.52. The van der Waals surface area contributed by atoms with Crippen LogP contribution in [0.1, 0.15) is 27.2 Å². The average molecular weight is 256 g/mol. The lowest BCUT2D eigenvalue weighted by Gasteiger charge is -2.20. The second-order valence-electron chi connectivity index (χ2n) is 4.91. The number of hydrogen-bond donors (Lipinski definition) is 1. The van der Waals surface area contributed by atoms with E-state index in [1.165, 1.54) is 0 Å². The Kier molecular flexibility index (Phi) is 4.38. The van der Waals surface area contributed by atoms with Gasteiger partial charge in [0.25, 0.3) is 0 Å². The fourth-order valence-corrected chi connectivity index (χ4v) is 1.46. The molecule has 0 saturated carbocycles. The number of alkyl carbamates (subject to hydrolysis) is 1. The van der Waals surface area contributed by atoms with Gasteiger partial charge in [-0.25, -0.2) is 9.59 Å². The number of rotatable bonds is 3. The number of esters is 1. The van der Waals surface area contributed by atoms with E-state index < -0.39 is 29.8 Å². The Balaban J connectivity index is 2.46. The van der Waals surface area contributed by atoms with Crippen molar-refractivity contribution in [2.24, 2.45) is 5.11 Å². The molecule has 8 heteroatoms. The Bertz CT molecular complexity index is 384. The number of hydrogen-bond acceptors (Lipinski definition) is 5. The largest absolute Gasteiger partial charge is 0.461 e. The summed E-state index contributed by atoms with van der Waals surface area (Å²) in [7, 11) is 0. The van der Waals surface area contributed by atoms with Gasteiger partial charge in [-0.1, -0.05) is 5.11 Å². The molecule has 1 aliphatic rings. The Labute approximate surface area is 104 Å². The van der Waals surface area contributed by atoms with Gasteiger partial charge in [0.05, 0.1) is 6.54 Å². The summed E-state index contributed by atoms with van der Waals surface area (Å²) >= 11 is 0. The maximum Gasteiger partial charge on any atom is 0.408 e. The second-order valence-corrected chi connectivity index (χ2v) is 4.91.